The van der Waals surface area contributed by atoms with Crippen LogP contribution in [0.15, 0.2) is 28.8 Å². The standard InChI is InChI=1S/C14H17N3O3/c1-9(14-10(2)16-20-11(14)3)15-8-12-4-6-13(7-5-12)17(18)19/h4-7,9,15H,8H2,1-3H3. The molecule has 0 spiro atoms. The fraction of sp³-hybridized carbons (Fsp3) is 0.357. The van der Waals surface area contributed by atoms with Crippen LogP contribution in [0.5, 0.6) is 0 Å². The molecule has 6 heteroatoms. The Bertz CT molecular complexity index is 585. The summed E-state index contributed by atoms with van der Waals surface area (Å²) in [6.07, 6.45) is 0. The third kappa shape index (κ3) is 3.03. The molecule has 0 amide bonds. The van der Waals surface area contributed by atoms with Gasteiger partial charge in [-0.1, -0.05) is 17.3 Å². The molecule has 0 aliphatic heterocycles. The van der Waals surface area contributed by atoms with Crippen LogP contribution in [0.4, 0.5) is 5.69 Å². The molecule has 0 fully saturated rings. The first kappa shape index (κ1) is 14.2. The lowest BCUT2D eigenvalue weighted by atomic mass is 10.1. The molecule has 1 unspecified atom stereocenters. The highest BCUT2D eigenvalue weighted by Crippen LogP contribution is 2.21. The van der Waals surface area contributed by atoms with Crippen LogP contribution in [-0.4, -0.2) is 10.1 Å². The van der Waals surface area contributed by atoms with Crippen molar-refractivity contribution in [2.24, 2.45) is 0 Å². The van der Waals surface area contributed by atoms with Gasteiger partial charge in [0.25, 0.3) is 5.69 Å². The lowest BCUT2D eigenvalue weighted by molar-refractivity contribution is -0.384. The van der Waals surface area contributed by atoms with Crippen LogP contribution in [0.25, 0.3) is 0 Å². The Hall–Kier alpha value is -2.21. The van der Waals surface area contributed by atoms with Gasteiger partial charge in [0.1, 0.15) is 5.76 Å². The van der Waals surface area contributed by atoms with Crippen molar-refractivity contribution >= 4 is 5.69 Å². The van der Waals surface area contributed by atoms with Crippen LogP contribution in [0.2, 0.25) is 0 Å². The van der Waals surface area contributed by atoms with Crippen molar-refractivity contribution in [1.29, 1.82) is 0 Å². The minimum atomic E-state index is -0.399. The first-order valence-corrected chi connectivity index (χ1v) is 6.38. The predicted molar refractivity (Wildman–Crippen MR) is 74.3 cm³/mol. The van der Waals surface area contributed by atoms with E-state index in [1.807, 2.05) is 20.8 Å². The average molecular weight is 275 g/mol. The van der Waals surface area contributed by atoms with Crippen LogP contribution >= 0.6 is 0 Å². The number of hydrogen-bond acceptors (Lipinski definition) is 5. The number of nitrogens with one attached hydrogen (secondary N) is 1. The summed E-state index contributed by atoms with van der Waals surface area (Å²) in [5, 5.41) is 17.9. The number of nitrogens with zero attached hydrogens (tertiary/aromatic N) is 2. The van der Waals surface area contributed by atoms with Gasteiger partial charge in [0.15, 0.2) is 0 Å². The third-order valence-corrected chi connectivity index (χ3v) is 3.28. The summed E-state index contributed by atoms with van der Waals surface area (Å²) < 4.78 is 5.15. The maximum Gasteiger partial charge on any atom is 0.269 e. The van der Waals surface area contributed by atoms with Crippen molar-refractivity contribution < 1.29 is 9.45 Å². The summed E-state index contributed by atoms with van der Waals surface area (Å²) in [5.41, 5.74) is 3.04. The summed E-state index contributed by atoms with van der Waals surface area (Å²) in [5.74, 6) is 0.811. The van der Waals surface area contributed by atoms with Gasteiger partial charge >= 0.3 is 0 Å². The second-order valence-electron chi connectivity index (χ2n) is 4.76. The lowest BCUT2D eigenvalue weighted by Crippen LogP contribution is -2.19. The molecule has 1 aromatic heterocycles. The number of non-ortho nitro benzene ring substituents is 1. The molecule has 2 rings (SSSR count). The zero-order chi connectivity index (χ0) is 14.7. The second kappa shape index (κ2) is 5.83. The maximum atomic E-state index is 10.6. The van der Waals surface area contributed by atoms with E-state index in [9.17, 15) is 10.1 Å². The fourth-order valence-corrected chi connectivity index (χ4v) is 2.22. The van der Waals surface area contributed by atoms with E-state index in [1.165, 1.54) is 12.1 Å². The Kier molecular flexibility index (Phi) is 4.14. The van der Waals surface area contributed by atoms with E-state index in [0.717, 1.165) is 22.6 Å². The van der Waals surface area contributed by atoms with Crippen molar-refractivity contribution in [1.82, 2.24) is 10.5 Å². The van der Waals surface area contributed by atoms with E-state index in [-0.39, 0.29) is 11.7 Å². The molecule has 106 valence electrons. The van der Waals surface area contributed by atoms with Crippen molar-refractivity contribution in [2.75, 3.05) is 0 Å². The molecule has 0 bridgehead atoms. The van der Waals surface area contributed by atoms with Crippen LogP contribution in [0.3, 0.4) is 0 Å². The van der Waals surface area contributed by atoms with Gasteiger partial charge in [0.05, 0.1) is 10.6 Å². The van der Waals surface area contributed by atoms with Gasteiger partial charge in [-0.3, -0.25) is 10.1 Å². The van der Waals surface area contributed by atoms with Crippen molar-refractivity contribution in [3.05, 3.63) is 57.0 Å². The lowest BCUT2D eigenvalue weighted by Gasteiger charge is -2.13. The molecule has 1 aromatic carbocycles. The van der Waals surface area contributed by atoms with Gasteiger partial charge in [-0.2, -0.15) is 0 Å². The quantitative estimate of drug-likeness (QED) is 0.670. The molecule has 20 heavy (non-hydrogen) atoms. The Morgan fingerprint density at radius 3 is 2.50 bits per heavy atom. The van der Waals surface area contributed by atoms with Gasteiger partial charge in [0.2, 0.25) is 0 Å². The Balaban J connectivity index is 2.00. The first-order chi connectivity index (χ1) is 9.49. The minimum Gasteiger partial charge on any atom is -0.361 e. The number of nitro groups is 1. The molecule has 0 radical (unpaired) electrons. The average Bonchev–Trinajstić information content (AvgIpc) is 2.76. The molecule has 2 aromatic rings. The van der Waals surface area contributed by atoms with Gasteiger partial charge in [-0.15, -0.1) is 0 Å². The molecule has 1 heterocycles. The molecular formula is C14H17N3O3. The molecule has 0 aliphatic rings. The summed E-state index contributed by atoms with van der Waals surface area (Å²) in [6.45, 7) is 6.47. The number of benzene rings is 1. The molecule has 0 aliphatic carbocycles. The second-order valence-corrected chi connectivity index (χ2v) is 4.76. The molecule has 0 saturated heterocycles. The summed E-state index contributed by atoms with van der Waals surface area (Å²) in [6, 6.07) is 6.64. The normalized spacial score (nSPS) is 12.3. The minimum absolute atomic E-state index is 0.104. The van der Waals surface area contributed by atoms with E-state index in [0.29, 0.717) is 6.54 Å². The molecule has 1 N–H and O–H groups in total. The highest BCUT2D eigenvalue weighted by atomic mass is 16.6. The predicted octanol–water partition coefficient (Wildman–Crippen LogP) is 3.05. The van der Waals surface area contributed by atoms with E-state index >= 15 is 0 Å². The summed E-state index contributed by atoms with van der Waals surface area (Å²) >= 11 is 0. The van der Waals surface area contributed by atoms with Gasteiger partial charge in [-0.05, 0) is 26.3 Å². The smallest absolute Gasteiger partial charge is 0.269 e. The Labute approximate surface area is 116 Å². The van der Waals surface area contributed by atoms with Crippen molar-refractivity contribution in [3.8, 4) is 0 Å². The number of aryl methyl sites for hydroxylation is 2. The van der Waals surface area contributed by atoms with Crippen LogP contribution in [0, 0.1) is 24.0 Å². The van der Waals surface area contributed by atoms with E-state index in [2.05, 4.69) is 10.5 Å². The number of aromatic nitrogens is 1. The number of hydrogen-bond donors (Lipinski definition) is 1. The molecule has 1 atom stereocenters. The summed E-state index contributed by atoms with van der Waals surface area (Å²) in [7, 11) is 0. The monoisotopic (exact) mass is 275 g/mol. The third-order valence-electron chi connectivity index (χ3n) is 3.28. The zero-order valence-electron chi connectivity index (χ0n) is 11.7. The van der Waals surface area contributed by atoms with E-state index in [4.69, 9.17) is 4.52 Å². The number of rotatable bonds is 5. The Morgan fingerprint density at radius 1 is 1.35 bits per heavy atom. The summed E-state index contributed by atoms with van der Waals surface area (Å²) in [4.78, 5) is 10.2. The molecule has 6 nitrogen and oxygen atoms in total. The molecule has 0 saturated carbocycles. The Morgan fingerprint density at radius 2 is 2.00 bits per heavy atom. The highest BCUT2D eigenvalue weighted by molar-refractivity contribution is 5.33. The highest BCUT2D eigenvalue weighted by Gasteiger charge is 2.15. The van der Waals surface area contributed by atoms with E-state index < -0.39 is 4.92 Å². The first-order valence-electron chi connectivity index (χ1n) is 6.38. The van der Waals surface area contributed by atoms with Crippen molar-refractivity contribution in [2.45, 2.75) is 33.4 Å². The van der Waals surface area contributed by atoms with Gasteiger partial charge < -0.3 is 9.84 Å². The SMILES string of the molecule is Cc1noc(C)c1C(C)NCc1ccc([N+](=O)[O-])cc1. The van der Waals surface area contributed by atoms with Gasteiger partial charge in [0, 0.05) is 30.3 Å². The molecular weight excluding hydrogens is 258 g/mol. The number of nitro benzene ring substituents is 1. The van der Waals surface area contributed by atoms with Crippen LogP contribution in [0.1, 0.15) is 35.5 Å². The van der Waals surface area contributed by atoms with Crippen LogP contribution < -0.4 is 5.32 Å². The van der Waals surface area contributed by atoms with Crippen molar-refractivity contribution in [3.63, 3.8) is 0 Å². The largest absolute Gasteiger partial charge is 0.361 e. The van der Waals surface area contributed by atoms with Crippen LogP contribution in [-0.2, 0) is 6.54 Å². The van der Waals surface area contributed by atoms with E-state index in [1.54, 1.807) is 12.1 Å². The fourth-order valence-electron chi connectivity index (χ4n) is 2.22. The zero-order valence-corrected chi connectivity index (χ0v) is 11.7. The maximum absolute atomic E-state index is 10.6. The van der Waals surface area contributed by atoms with Gasteiger partial charge in [-0.25, -0.2) is 0 Å². The topological polar surface area (TPSA) is 81.2 Å².